The highest BCUT2D eigenvalue weighted by Crippen LogP contribution is 2.19. The number of fused-ring (bicyclic) bond motifs is 1. The van der Waals surface area contributed by atoms with Crippen molar-refractivity contribution in [2.75, 3.05) is 13.1 Å². The van der Waals surface area contributed by atoms with Crippen molar-refractivity contribution in [1.82, 2.24) is 9.88 Å². The molecule has 7 nitrogen and oxygen atoms in total. The monoisotopic (exact) mass is 444 g/mol. The average Bonchev–Trinajstić information content (AvgIpc) is 3.06. The van der Waals surface area contributed by atoms with Crippen LogP contribution in [-0.4, -0.2) is 57.2 Å². The normalized spacial score (nSPS) is 13.5. The molecule has 162 valence electrons. The van der Waals surface area contributed by atoms with Gasteiger partial charge in [-0.3, -0.25) is 9.78 Å². The van der Waals surface area contributed by atoms with Crippen molar-refractivity contribution in [3.05, 3.63) is 51.0 Å². The molecule has 11 heteroatoms. The van der Waals surface area contributed by atoms with Gasteiger partial charge in [0.25, 0.3) is 0 Å². The van der Waals surface area contributed by atoms with Crippen LogP contribution in [0.15, 0.2) is 22.9 Å². The summed E-state index contributed by atoms with van der Waals surface area (Å²) in [5.74, 6) is -3.59. The van der Waals surface area contributed by atoms with Crippen molar-refractivity contribution < 1.29 is 37.8 Å². The number of halogens is 3. The molecule has 30 heavy (non-hydrogen) atoms. The fourth-order valence-electron chi connectivity index (χ4n) is 2.88. The van der Waals surface area contributed by atoms with Crippen LogP contribution < -0.4 is 0 Å². The Morgan fingerprint density at radius 3 is 2.37 bits per heavy atom. The molecule has 0 saturated carbocycles. The third-order valence-electron chi connectivity index (χ3n) is 4.41. The Balaban J connectivity index is 0.000000396. The molecule has 1 aliphatic rings. The minimum Gasteiger partial charge on any atom is -0.478 e. The Kier molecular flexibility index (Phi) is 7.54. The molecule has 0 atom stereocenters. The van der Waals surface area contributed by atoms with E-state index in [2.05, 4.69) is 4.98 Å². The number of carboxylic acids is 2. The fourth-order valence-corrected chi connectivity index (χ4v) is 3.55. The predicted octanol–water partition coefficient (Wildman–Crippen LogP) is 2.95. The topological polar surface area (TPSA) is 108 Å². The number of aryl methyl sites for hydroxylation is 1. The average molecular weight is 444 g/mol. The largest absolute Gasteiger partial charge is 0.490 e. The second-order valence-corrected chi connectivity index (χ2v) is 7.30. The van der Waals surface area contributed by atoms with Gasteiger partial charge in [0.2, 0.25) is 5.91 Å². The summed E-state index contributed by atoms with van der Waals surface area (Å²) < 4.78 is 31.7. The van der Waals surface area contributed by atoms with Crippen molar-refractivity contribution in [2.24, 2.45) is 0 Å². The Morgan fingerprint density at radius 1 is 1.20 bits per heavy atom. The number of aromatic carboxylic acids is 1. The summed E-state index contributed by atoms with van der Waals surface area (Å²) in [6.45, 7) is 2.96. The number of pyridine rings is 1. The quantitative estimate of drug-likeness (QED) is 0.754. The second kappa shape index (κ2) is 9.70. The van der Waals surface area contributed by atoms with Gasteiger partial charge in [0.15, 0.2) is 0 Å². The number of carbonyl (C=O) groups excluding carboxylic acids is 1. The summed E-state index contributed by atoms with van der Waals surface area (Å²) in [6, 6.07) is 3.69. The van der Waals surface area contributed by atoms with E-state index in [9.17, 15) is 27.9 Å². The standard InChI is InChI=1S/C17H18N2O3S.C2HF3O2/c1-11-14(17(21)22)9-13-2-5-19(6-3-15(13)18-11)16(20)8-12-4-7-23-10-12;3-2(4,5)1(6)7/h4,7,9-10H,2-3,5-6,8H2,1H3,(H,21,22);(H,6,7). The molecule has 3 heterocycles. The lowest BCUT2D eigenvalue weighted by atomic mass is 10.0. The lowest BCUT2D eigenvalue weighted by Gasteiger charge is -2.19. The van der Waals surface area contributed by atoms with E-state index in [1.807, 2.05) is 21.7 Å². The molecule has 2 N–H and O–H groups in total. The van der Waals surface area contributed by atoms with Crippen LogP contribution in [0.5, 0.6) is 0 Å². The van der Waals surface area contributed by atoms with E-state index in [1.165, 1.54) is 0 Å². The molecule has 3 rings (SSSR count). The SMILES string of the molecule is Cc1nc2c(cc1C(=O)O)CCN(C(=O)Cc1ccsc1)CC2.O=C(O)C(F)(F)F. The van der Waals surface area contributed by atoms with Crippen LogP contribution >= 0.6 is 11.3 Å². The maximum atomic E-state index is 12.4. The summed E-state index contributed by atoms with van der Waals surface area (Å²) >= 11 is 1.59. The fraction of sp³-hybridized carbons (Fsp3) is 0.368. The summed E-state index contributed by atoms with van der Waals surface area (Å²) in [7, 11) is 0. The molecular formula is C19H19F3N2O5S. The van der Waals surface area contributed by atoms with E-state index < -0.39 is 18.1 Å². The van der Waals surface area contributed by atoms with Crippen molar-refractivity contribution in [3.63, 3.8) is 0 Å². The first-order valence-corrected chi connectivity index (χ1v) is 9.75. The summed E-state index contributed by atoms with van der Waals surface area (Å²) in [5.41, 5.74) is 3.69. The number of amides is 1. The number of nitrogens with zero attached hydrogens (tertiary/aromatic N) is 2. The Bertz CT molecular complexity index is 929. The Hall–Kier alpha value is -2.95. The highest BCUT2D eigenvalue weighted by Gasteiger charge is 2.38. The first kappa shape index (κ1) is 23.3. The van der Waals surface area contributed by atoms with E-state index >= 15 is 0 Å². The molecule has 0 saturated heterocycles. The number of aromatic nitrogens is 1. The second-order valence-electron chi connectivity index (χ2n) is 6.52. The number of carboxylic acid groups (broad SMARTS) is 2. The first-order valence-electron chi connectivity index (χ1n) is 8.80. The lowest BCUT2D eigenvalue weighted by Crippen LogP contribution is -2.34. The third-order valence-corrected chi connectivity index (χ3v) is 5.14. The molecule has 0 spiro atoms. The van der Waals surface area contributed by atoms with E-state index in [0.717, 1.165) is 16.8 Å². The minimum absolute atomic E-state index is 0.117. The van der Waals surface area contributed by atoms with Gasteiger partial charge in [-0.05, 0) is 47.4 Å². The van der Waals surface area contributed by atoms with Gasteiger partial charge in [-0.25, -0.2) is 9.59 Å². The van der Waals surface area contributed by atoms with E-state index in [-0.39, 0.29) is 11.5 Å². The highest BCUT2D eigenvalue weighted by molar-refractivity contribution is 7.08. The molecule has 2 aromatic rings. The number of hydrogen-bond acceptors (Lipinski definition) is 5. The van der Waals surface area contributed by atoms with Crippen molar-refractivity contribution in [1.29, 1.82) is 0 Å². The zero-order chi connectivity index (χ0) is 22.5. The van der Waals surface area contributed by atoms with Crippen LogP contribution in [0, 0.1) is 6.92 Å². The minimum atomic E-state index is -5.08. The van der Waals surface area contributed by atoms with E-state index in [1.54, 1.807) is 24.3 Å². The zero-order valence-corrected chi connectivity index (χ0v) is 16.7. The van der Waals surface area contributed by atoms with Gasteiger partial charge in [0.05, 0.1) is 17.7 Å². The number of carbonyl (C=O) groups is 3. The van der Waals surface area contributed by atoms with Crippen LogP contribution in [-0.2, 0) is 28.9 Å². The van der Waals surface area contributed by atoms with Crippen molar-refractivity contribution in [3.8, 4) is 0 Å². The highest BCUT2D eigenvalue weighted by atomic mass is 32.1. The maximum absolute atomic E-state index is 12.4. The van der Waals surface area contributed by atoms with Gasteiger partial charge < -0.3 is 15.1 Å². The number of thiophene rings is 1. The van der Waals surface area contributed by atoms with Crippen LogP contribution in [0.3, 0.4) is 0 Å². The van der Waals surface area contributed by atoms with Crippen LogP contribution in [0.25, 0.3) is 0 Å². The third kappa shape index (κ3) is 6.28. The molecule has 0 unspecified atom stereocenters. The number of rotatable bonds is 3. The predicted molar refractivity (Wildman–Crippen MR) is 102 cm³/mol. The molecule has 1 amide bonds. The smallest absolute Gasteiger partial charge is 0.478 e. The van der Waals surface area contributed by atoms with Crippen LogP contribution in [0.1, 0.15) is 32.9 Å². The Labute approximate surface area is 173 Å². The summed E-state index contributed by atoms with van der Waals surface area (Å²) in [4.78, 5) is 38.9. The van der Waals surface area contributed by atoms with Gasteiger partial charge in [-0.2, -0.15) is 24.5 Å². The molecular weight excluding hydrogens is 425 g/mol. The first-order chi connectivity index (χ1) is 14.0. The Morgan fingerprint density at radius 2 is 1.83 bits per heavy atom. The van der Waals surface area contributed by atoms with Gasteiger partial charge >= 0.3 is 18.1 Å². The molecule has 2 aromatic heterocycles. The molecule has 0 bridgehead atoms. The van der Waals surface area contributed by atoms with Crippen molar-refractivity contribution in [2.45, 2.75) is 32.4 Å². The van der Waals surface area contributed by atoms with Crippen LogP contribution in [0.4, 0.5) is 13.2 Å². The van der Waals surface area contributed by atoms with Gasteiger partial charge in [-0.15, -0.1) is 0 Å². The summed E-state index contributed by atoms with van der Waals surface area (Å²) in [5, 5.41) is 20.3. The molecule has 0 aromatic carbocycles. The lowest BCUT2D eigenvalue weighted by molar-refractivity contribution is -0.192. The van der Waals surface area contributed by atoms with Gasteiger partial charge in [-0.1, -0.05) is 0 Å². The molecule has 0 radical (unpaired) electrons. The molecule has 0 aliphatic carbocycles. The zero-order valence-electron chi connectivity index (χ0n) is 15.9. The number of aliphatic carboxylic acids is 1. The van der Waals surface area contributed by atoms with Gasteiger partial charge in [0, 0.05) is 25.2 Å². The van der Waals surface area contributed by atoms with Crippen LogP contribution in [0.2, 0.25) is 0 Å². The molecule has 1 aliphatic heterocycles. The maximum Gasteiger partial charge on any atom is 0.490 e. The number of alkyl halides is 3. The number of hydrogen-bond donors (Lipinski definition) is 2. The molecule has 0 fully saturated rings. The van der Waals surface area contributed by atoms with Crippen molar-refractivity contribution >= 4 is 29.2 Å². The summed E-state index contributed by atoms with van der Waals surface area (Å²) in [6.07, 6.45) is -3.34. The van der Waals surface area contributed by atoms with E-state index in [0.29, 0.717) is 38.0 Å². The van der Waals surface area contributed by atoms with E-state index in [4.69, 9.17) is 9.90 Å². The van der Waals surface area contributed by atoms with Gasteiger partial charge in [0.1, 0.15) is 0 Å².